The van der Waals surface area contributed by atoms with Gasteiger partial charge in [-0.3, -0.25) is 14.9 Å². The number of rotatable bonds is 4. The van der Waals surface area contributed by atoms with Gasteiger partial charge >= 0.3 is 0 Å². The van der Waals surface area contributed by atoms with E-state index in [4.69, 9.17) is 15.2 Å². The molecule has 1 amide bonds. The van der Waals surface area contributed by atoms with Crippen molar-refractivity contribution in [3.8, 4) is 11.5 Å². The molecule has 0 heterocycles. The van der Waals surface area contributed by atoms with Gasteiger partial charge < -0.3 is 15.2 Å². The van der Waals surface area contributed by atoms with Crippen LogP contribution < -0.4 is 15.2 Å². The monoisotopic (exact) mass is 226 g/mol. The van der Waals surface area contributed by atoms with Crippen molar-refractivity contribution < 1.29 is 19.2 Å². The van der Waals surface area contributed by atoms with Gasteiger partial charge in [0.05, 0.1) is 19.1 Å². The van der Waals surface area contributed by atoms with E-state index in [0.717, 1.165) is 6.07 Å². The molecule has 0 atom stereocenters. The molecule has 0 aliphatic carbocycles. The van der Waals surface area contributed by atoms with Gasteiger partial charge in [-0.25, -0.2) is 0 Å². The molecular weight excluding hydrogens is 216 g/mol. The highest BCUT2D eigenvalue weighted by Crippen LogP contribution is 2.36. The van der Waals surface area contributed by atoms with E-state index in [0.29, 0.717) is 0 Å². The Morgan fingerprint density at radius 2 is 2.00 bits per heavy atom. The number of carbonyl (C=O) groups is 1. The van der Waals surface area contributed by atoms with E-state index in [-0.39, 0.29) is 17.1 Å². The van der Waals surface area contributed by atoms with Crippen LogP contribution in [0.2, 0.25) is 0 Å². The van der Waals surface area contributed by atoms with E-state index in [1.165, 1.54) is 20.3 Å². The van der Waals surface area contributed by atoms with Crippen molar-refractivity contribution in [3.63, 3.8) is 0 Å². The molecule has 0 saturated carbocycles. The zero-order valence-electron chi connectivity index (χ0n) is 8.72. The summed E-state index contributed by atoms with van der Waals surface area (Å²) in [4.78, 5) is 21.1. The summed E-state index contributed by atoms with van der Waals surface area (Å²) in [6.45, 7) is 0. The molecule has 0 bridgehead atoms. The third-order valence-corrected chi connectivity index (χ3v) is 1.97. The number of amides is 1. The van der Waals surface area contributed by atoms with Crippen LogP contribution in [0.15, 0.2) is 12.1 Å². The van der Waals surface area contributed by atoms with E-state index < -0.39 is 16.5 Å². The predicted octanol–water partition coefficient (Wildman–Crippen LogP) is 0.711. The molecule has 1 aromatic carbocycles. The van der Waals surface area contributed by atoms with Crippen LogP contribution in [0.3, 0.4) is 0 Å². The van der Waals surface area contributed by atoms with Crippen molar-refractivity contribution in [2.24, 2.45) is 5.73 Å². The summed E-state index contributed by atoms with van der Waals surface area (Å²) in [7, 11) is 2.63. The van der Waals surface area contributed by atoms with Gasteiger partial charge in [-0.2, -0.15) is 0 Å². The number of nitro groups is 1. The van der Waals surface area contributed by atoms with E-state index in [1.54, 1.807) is 0 Å². The first-order chi connectivity index (χ1) is 7.52. The van der Waals surface area contributed by atoms with E-state index >= 15 is 0 Å². The first-order valence-corrected chi connectivity index (χ1v) is 4.22. The fourth-order valence-electron chi connectivity index (χ4n) is 1.31. The smallest absolute Gasteiger partial charge is 0.286 e. The average molecular weight is 226 g/mol. The van der Waals surface area contributed by atoms with Crippen molar-refractivity contribution >= 4 is 11.6 Å². The molecular formula is C9H10N2O5. The van der Waals surface area contributed by atoms with Gasteiger partial charge in [0.25, 0.3) is 11.6 Å². The molecule has 0 unspecified atom stereocenters. The topological polar surface area (TPSA) is 105 Å². The predicted molar refractivity (Wildman–Crippen MR) is 54.7 cm³/mol. The SMILES string of the molecule is COc1ccc([N+](=O)[O-])c(C(N)=O)c1OC. The molecule has 0 aromatic heterocycles. The molecule has 86 valence electrons. The van der Waals surface area contributed by atoms with E-state index in [2.05, 4.69) is 0 Å². The Balaban J connectivity index is 3.56. The normalized spacial score (nSPS) is 9.62. The Morgan fingerprint density at radius 3 is 2.38 bits per heavy atom. The Hall–Kier alpha value is -2.31. The minimum absolute atomic E-state index is 0.0378. The number of ether oxygens (including phenoxy) is 2. The molecule has 0 radical (unpaired) electrons. The van der Waals surface area contributed by atoms with Gasteiger partial charge in [0, 0.05) is 6.07 Å². The number of benzene rings is 1. The highest BCUT2D eigenvalue weighted by molar-refractivity contribution is 6.00. The second-order valence-corrected chi connectivity index (χ2v) is 2.82. The van der Waals surface area contributed by atoms with Crippen molar-refractivity contribution in [1.29, 1.82) is 0 Å². The minimum Gasteiger partial charge on any atom is -0.493 e. The second-order valence-electron chi connectivity index (χ2n) is 2.82. The fraction of sp³-hybridized carbons (Fsp3) is 0.222. The molecule has 0 aliphatic rings. The van der Waals surface area contributed by atoms with Crippen LogP contribution in [0.4, 0.5) is 5.69 Å². The standard InChI is InChI=1S/C9H10N2O5/c1-15-6-4-3-5(11(13)14)7(9(10)12)8(6)16-2/h3-4H,1-2H3,(H2,10,12). The number of carbonyl (C=O) groups excluding carboxylic acids is 1. The largest absolute Gasteiger partial charge is 0.493 e. The van der Waals surface area contributed by atoms with Crippen molar-refractivity contribution in [1.82, 2.24) is 0 Å². The summed E-state index contributed by atoms with van der Waals surface area (Å²) < 4.78 is 9.80. The van der Waals surface area contributed by atoms with Crippen LogP contribution in [-0.2, 0) is 0 Å². The molecule has 7 nitrogen and oxygen atoms in total. The Kier molecular flexibility index (Phi) is 3.29. The van der Waals surface area contributed by atoms with Gasteiger partial charge in [-0.15, -0.1) is 0 Å². The van der Waals surface area contributed by atoms with Crippen LogP contribution in [-0.4, -0.2) is 25.1 Å². The number of hydrogen-bond acceptors (Lipinski definition) is 5. The van der Waals surface area contributed by atoms with Crippen LogP contribution in [0.5, 0.6) is 11.5 Å². The van der Waals surface area contributed by atoms with Crippen LogP contribution >= 0.6 is 0 Å². The lowest BCUT2D eigenvalue weighted by atomic mass is 10.1. The number of methoxy groups -OCH3 is 2. The molecule has 1 aromatic rings. The van der Waals surface area contributed by atoms with Crippen molar-refractivity contribution in [2.75, 3.05) is 14.2 Å². The van der Waals surface area contributed by atoms with Gasteiger partial charge in [0.1, 0.15) is 0 Å². The zero-order chi connectivity index (χ0) is 12.3. The molecule has 16 heavy (non-hydrogen) atoms. The number of nitro benzene ring substituents is 1. The zero-order valence-corrected chi connectivity index (χ0v) is 8.72. The number of nitrogens with zero attached hydrogens (tertiary/aromatic N) is 1. The van der Waals surface area contributed by atoms with Crippen molar-refractivity contribution in [2.45, 2.75) is 0 Å². The summed E-state index contributed by atoms with van der Waals surface area (Å²) in [6, 6.07) is 2.48. The van der Waals surface area contributed by atoms with E-state index in [9.17, 15) is 14.9 Å². The third-order valence-electron chi connectivity index (χ3n) is 1.97. The molecule has 1 rings (SSSR count). The van der Waals surface area contributed by atoms with Crippen LogP contribution in [0.25, 0.3) is 0 Å². The number of primary amides is 1. The quantitative estimate of drug-likeness (QED) is 0.601. The van der Waals surface area contributed by atoms with Gasteiger partial charge in [-0.05, 0) is 6.07 Å². The highest BCUT2D eigenvalue weighted by Gasteiger charge is 2.26. The molecule has 2 N–H and O–H groups in total. The summed E-state index contributed by atoms with van der Waals surface area (Å²) in [5, 5.41) is 10.7. The molecule has 0 saturated heterocycles. The lowest BCUT2D eigenvalue weighted by molar-refractivity contribution is -0.385. The summed E-state index contributed by atoms with van der Waals surface area (Å²) >= 11 is 0. The second kappa shape index (κ2) is 4.47. The summed E-state index contributed by atoms with van der Waals surface area (Å²) in [5.41, 5.74) is 4.36. The molecule has 0 spiro atoms. The fourth-order valence-corrected chi connectivity index (χ4v) is 1.31. The first-order valence-electron chi connectivity index (χ1n) is 4.22. The number of hydrogen-bond donors (Lipinski definition) is 1. The van der Waals surface area contributed by atoms with Crippen LogP contribution in [0, 0.1) is 10.1 Å². The third kappa shape index (κ3) is 1.88. The minimum atomic E-state index is -0.942. The maximum Gasteiger partial charge on any atom is 0.286 e. The first kappa shape index (κ1) is 11.8. The average Bonchev–Trinajstić information content (AvgIpc) is 2.26. The summed E-state index contributed by atoms with van der Waals surface area (Å²) in [5.74, 6) is -0.770. The lowest BCUT2D eigenvalue weighted by Gasteiger charge is -2.10. The Bertz CT molecular complexity index is 444. The Labute approximate surface area is 90.9 Å². The number of nitrogens with two attached hydrogens (primary N) is 1. The van der Waals surface area contributed by atoms with Gasteiger partial charge in [0.2, 0.25) is 0 Å². The van der Waals surface area contributed by atoms with Crippen molar-refractivity contribution in [3.05, 3.63) is 27.8 Å². The van der Waals surface area contributed by atoms with Crippen LogP contribution in [0.1, 0.15) is 10.4 Å². The molecule has 0 aliphatic heterocycles. The van der Waals surface area contributed by atoms with Gasteiger partial charge in [0.15, 0.2) is 17.1 Å². The molecule has 0 fully saturated rings. The van der Waals surface area contributed by atoms with E-state index in [1.807, 2.05) is 0 Å². The summed E-state index contributed by atoms with van der Waals surface area (Å²) in [6.07, 6.45) is 0. The maximum atomic E-state index is 11.2. The molecule has 7 heteroatoms. The Morgan fingerprint density at radius 1 is 1.38 bits per heavy atom. The maximum absolute atomic E-state index is 11.2. The lowest BCUT2D eigenvalue weighted by Crippen LogP contribution is -2.15. The highest BCUT2D eigenvalue weighted by atomic mass is 16.6. The van der Waals surface area contributed by atoms with Gasteiger partial charge in [-0.1, -0.05) is 0 Å².